The maximum atomic E-state index is 12.6. The maximum Gasteiger partial charge on any atom is 0.412 e. The van der Waals surface area contributed by atoms with Gasteiger partial charge in [0.2, 0.25) is 6.79 Å². The van der Waals surface area contributed by atoms with E-state index in [0.717, 1.165) is 9.65 Å². The van der Waals surface area contributed by atoms with E-state index in [1.807, 2.05) is 0 Å². The van der Waals surface area contributed by atoms with Crippen molar-refractivity contribution in [3.8, 4) is 17.2 Å². The van der Waals surface area contributed by atoms with Crippen molar-refractivity contribution in [3.05, 3.63) is 57.7 Å². The second-order valence-corrected chi connectivity index (χ2v) is 7.66. The number of aromatic hydroxyl groups is 1. The van der Waals surface area contributed by atoms with Gasteiger partial charge in [-0.25, -0.2) is 10.3 Å². The van der Waals surface area contributed by atoms with Crippen LogP contribution in [0.3, 0.4) is 0 Å². The number of benzene rings is 2. The lowest BCUT2D eigenvalue weighted by Gasteiger charge is -2.23. The summed E-state index contributed by atoms with van der Waals surface area (Å²) in [5.74, 6) is -0.197. The van der Waals surface area contributed by atoms with Gasteiger partial charge in [0.25, 0.3) is 5.91 Å². The molecule has 0 saturated heterocycles. The third-order valence-corrected chi connectivity index (χ3v) is 4.96. The first-order valence-corrected chi connectivity index (χ1v) is 9.93. The topological polar surface area (TPSA) is 126 Å². The van der Waals surface area contributed by atoms with Gasteiger partial charge in [-0.1, -0.05) is 13.0 Å². The number of carbonyl (C=O) groups is 2. The van der Waals surface area contributed by atoms with Crippen LogP contribution in [0.15, 0.2) is 48.6 Å². The molecule has 3 rings (SSSR count). The quantitative estimate of drug-likeness (QED) is 0.196. The Bertz CT molecular complexity index is 980. The van der Waals surface area contributed by atoms with E-state index in [9.17, 15) is 14.7 Å². The van der Waals surface area contributed by atoms with Crippen molar-refractivity contribution in [3.63, 3.8) is 0 Å². The Labute approximate surface area is 185 Å². The van der Waals surface area contributed by atoms with Crippen LogP contribution in [0.5, 0.6) is 17.2 Å². The summed E-state index contributed by atoms with van der Waals surface area (Å²) in [6.45, 7) is 1.82. The minimum atomic E-state index is -0.906. The van der Waals surface area contributed by atoms with Crippen LogP contribution >= 0.6 is 22.6 Å². The van der Waals surface area contributed by atoms with Crippen molar-refractivity contribution >= 4 is 40.3 Å². The molecule has 0 bridgehead atoms. The van der Waals surface area contributed by atoms with E-state index in [2.05, 4.69) is 27.9 Å². The lowest BCUT2D eigenvalue weighted by molar-refractivity contribution is -0.124. The number of hydrogen-bond donors (Lipinski definition) is 4. The molecule has 4 N–H and O–H groups in total. The number of hydrogen-bond acceptors (Lipinski definition) is 7. The average Bonchev–Trinajstić information content (AvgIpc) is 3.19. The first-order chi connectivity index (χ1) is 14.4. The molecule has 2 aromatic carbocycles. The zero-order valence-electron chi connectivity index (χ0n) is 15.8. The van der Waals surface area contributed by atoms with Crippen molar-refractivity contribution in [1.82, 2.24) is 5.48 Å². The minimum absolute atomic E-state index is 0.0526. The number of phenols is 1. The molecule has 0 saturated carbocycles. The van der Waals surface area contributed by atoms with Gasteiger partial charge in [0.05, 0.1) is 0 Å². The minimum Gasteiger partial charge on any atom is -0.508 e. The van der Waals surface area contributed by atoms with Crippen LogP contribution in [0, 0.1) is 9.49 Å². The van der Waals surface area contributed by atoms with Crippen LogP contribution in [0.2, 0.25) is 0 Å². The van der Waals surface area contributed by atoms with E-state index >= 15 is 0 Å². The molecule has 1 aliphatic heterocycles. The summed E-state index contributed by atoms with van der Waals surface area (Å²) >= 11 is 2.08. The predicted molar refractivity (Wildman–Crippen MR) is 114 cm³/mol. The molecule has 9 nitrogen and oxygen atoms in total. The zero-order valence-corrected chi connectivity index (χ0v) is 18.0. The Morgan fingerprint density at radius 1 is 1.20 bits per heavy atom. The maximum absolute atomic E-state index is 12.6. The van der Waals surface area contributed by atoms with Gasteiger partial charge >= 0.3 is 6.09 Å². The number of carbonyl (C=O) groups excluding carboxylic acids is 2. The molecule has 10 heteroatoms. The van der Waals surface area contributed by atoms with Crippen molar-refractivity contribution in [1.29, 1.82) is 0 Å². The van der Waals surface area contributed by atoms with Gasteiger partial charge in [0, 0.05) is 32.9 Å². The highest BCUT2D eigenvalue weighted by Crippen LogP contribution is 2.36. The lowest BCUT2D eigenvalue weighted by Crippen LogP contribution is -2.22. The van der Waals surface area contributed by atoms with Gasteiger partial charge in [-0.3, -0.25) is 15.3 Å². The fourth-order valence-electron chi connectivity index (χ4n) is 2.82. The lowest BCUT2D eigenvalue weighted by atomic mass is 9.96. The van der Waals surface area contributed by atoms with Crippen molar-refractivity contribution in [2.24, 2.45) is 5.92 Å². The number of hydroxylamine groups is 1. The Hall–Kier alpha value is -2.99. The molecule has 158 valence electrons. The highest BCUT2D eigenvalue weighted by atomic mass is 127. The highest BCUT2D eigenvalue weighted by molar-refractivity contribution is 14.1. The normalized spacial score (nSPS) is 14.2. The van der Waals surface area contributed by atoms with Crippen molar-refractivity contribution in [2.75, 3.05) is 12.1 Å². The van der Waals surface area contributed by atoms with E-state index in [-0.39, 0.29) is 12.5 Å². The Morgan fingerprint density at radius 2 is 1.97 bits per heavy atom. The fraction of sp³-hybridized carbons (Fsp3) is 0.200. The molecule has 1 aliphatic rings. The van der Waals surface area contributed by atoms with Gasteiger partial charge in [0.15, 0.2) is 11.5 Å². The van der Waals surface area contributed by atoms with Gasteiger partial charge in [-0.05, 0) is 52.9 Å². The Morgan fingerprint density at radius 3 is 2.73 bits per heavy atom. The number of ether oxygens (including phenoxy) is 3. The van der Waals surface area contributed by atoms with E-state index in [1.54, 1.807) is 37.3 Å². The summed E-state index contributed by atoms with van der Waals surface area (Å²) in [4.78, 5) is 23.9. The van der Waals surface area contributed by atoms with Crippen LogP contribution in [0.25, 0.3) is 0 Å². The van der Waals surface area contributed by atoms with Crippen LogP contribution in [0.1, 0.15) is 18.6 Å². The van der Waals surface area contributed by atoms with Gasteiger partial charge in [-0.2, -0.15) is 0 Å². The predicted octanol–water partition coefficient (Wildman–Crippen LogP) is 3.71. The first-order valence-electron chi connectivity index (χ1n) is 8.85. The molecule has 0 aliphatic carbocycles. The molecule has 0 aromatic heterocycles. The van der Waals surface area contributed by atoms with Gasteiger partial charge in [0.1, 0.15) is 11.9 Å². The van der Waals surface area contributed by atoms with E-state index in [1.165, 1.54) is 17.6 Å². The standard InChI is InChI=1S/C20H19IN2O7/c1-11(2-7-18(25)23-27)19(14-8-12(21)3-5-15(14)24)30-20(26)22-13-4-6-16-17(9-13)29-10-28-16/h2-9,11,19,24,27H,10H2,1H3,(H,22,26)(H,23,25)/b7-2+/t11-,19-/m0/s1. The Kier molecular flexibility index (Phi) is 7.00. The van der Waals surface area contributed by atoms with Gasteiger partial charge < -0.3 is 19.3 Å². The number of fused-ring (bicyclic) bond motifs is 1. The molecule has 1 heterocycles. The van der Waals surface area contributed by atoms with E-state index < -0.39 is 24.0 Å². The highest BCUT2D eigenvalue weighted by Gasteiger charge is 2.26. The summed E-state index contributed by atoms with van der Waals surface area (Å²) in [7, 11) is 0. The third-order valence-electron chi connectivity index (χ3n) is 4.29. The molecule has 2 atom stereocenters. The molecule has 0 unspecified atom stereocenters. The third kappa shape index (κ3) is 5.33. The average molecular weight is 526 g/mol. The molecular formula is C20H19IN2O7. The monoisotopic (exact) mass is 526 g/mol. The molecule has 2 amide bonds. The number of nitrogens with one attached hydrogen (secondary N) is 2. The van der Waals surface area contributed by atoms with Crippen molar-refractivity contribution < 1.29 is 34.1 Å². The summed E-state index contributed by atoms with van der Waals surface area (Å²) in [6.07, 6.45) is 0.908. The summed E-state index contributed by atoms with van der Waals surface area (Å²) < 4.78 is 16.9. The summed E-state index contributed by atoms with van der Waals surface area (Å²) in [6, 6.07) is 9.81. The number of halogens is 1. The number of phenolic OH excluding ortho intramolecular Hbond substituents is 1. The molecule has 0 fully saturated rings. The number of anilines is 1. The van der Waals surface area contributed by atoms with E-state index in [0.29, 0.717) is 22.7 Å². The number of amides is 2. The van der Waals surface area contributed by atoms with Crippen LogP contribution < -0.4 is 20.3 Å². The molecule has 30 heavy (non-hydrogen) atoms. The molecule has 2 aromatic rings. The van der Waals surface area contributed by atoms with E-state index in [4.69, 9.17) is 19.4 Å². The first kappa shape index (κ1) is 21.7. The molecule has 0 radical (unpaired) electrons. The largest absolute Gasteiger partial charge is 0.508 e. The van der Waals surface area contributed by atoms with Crippen LogP contribution in [0.4, 0.5) is 10.5 Å². The van der Waals surface area contributed by atoms with Gasteiger partial charge in [-0.15, -0.1) is 0 Å². The summed E-state index contributed by atoms with van der Waals surface area (Å²) in [5.41, 5.74) is 2.32. The fourth-order valence-corrected chi connectivity index (χ4v) is 3.34. The molecule has 0 spiro atoms. The van der Waals surface area contributed by atoms with Crippen molar-refractivity contribution in [2.45, 2.75) is 13.0 Å². The second-order valence-electron chi connectivity index (χ2n) is 6.42. The zero-order chi connectivity index (χ0) is 21.7. The number of rotatable bonds is 6. The second kappa shape index (κ2) is 9.67. The Balaban J connectivity index is 1.80. The smallest absolute Gasteiger partial charge is 0.412 e. The summed E-state index contributed by atoms with van der Waals surface area (Å²) in [5, 5.41) is 21.6. The van der Waals surface area contributed by atoms with Crippen LogP contribution in [-0.2, 0) is 9.53 Å². The van der Waals surface area contributed by atoms with Crippen LogP contribution in [-0.4, -0.2) is 29.1 Å². The molecular weight excluding hydrogens is 507 g/mol. The SMILES string of the molecule is C[C@@H](/C=C/C(=O)NO)[C@H](OC(=O)Nc1ccc2c(c1)OCO2)c1cc(I)ccc1O.